The van der Waals surface area contributed by atoms with Gasteiger partial charge in [-0.15, -0.1) is 6.58 Å². The fraction of sp³-hybridized carbons (Fsp3) is 0.632. The summed E-state index contributed by atoms with van der Waals surface area (Å²) in [4.78, 5) is 62.6. The number of methoxy groups -OCH3 is 3. The molecule has 0 spiro atoms. The van der Waals surface area contributed by atoms with Gasteiger partial charge in [0, 0.05) is 18.3 Å². The molecule has 0 aromatic heterocycles. The van der Waals surface area contributed by atoms with Gasteiger partial charge in [-0.25, -0.2) is 0 Å². The van der Waals surface area contributed by atoms with E-state index in [0.29, 0.717) is 6.42 Å². The number of esters is 4. The Morgan fingerprint density at radius 1 is 1.04 bits per heavy atom. The Kier molecular flexibility index (Phi) is 6.93. The van der Waals surface area contributed by atoms with Crippen LogP contribution in [0.3, 0.4) is 0 Å². The summed E-state index contributed by atoms with van der Waals surface area (Å²) in [6, 6.07) is 0. The van der Waals surface area contributed by atoms with Crippen LogP contribution in [0, 0.1) is 29.6 Å². The van der Waals surface area contributed by atoms with Gasteiger partial charge in [0.2, 0.25) is 0 Å². The monoisotopic (exact) mass is 396 g/mol. The van der Waals surface area contributed by atoms with Crippen molar-refractivity contribution < 1.29 is 42.9 Å². The van der Waals surface area contributed by atoms with Crippen LogP contribution in [0.15, 0.2) is 12.7 Å². The molecule has 2 rings (SSSR count). The number of hydrogen-bond acceptors (Lipinski definition) is 9. The first-order chi connectivity index (χ1) is 13.3. The molecule has 0 radical (unpaired) electrons. The van der Waals surface area contributed by atoms with E-state index in [-0.39, 0.29) is 18.6 Å². The lowest BCUT2D eigenvalue weighted by Gasteiger charge is -2.30. The Morgan fingerprint density at radius 3 is 2.14 bits per heavy atom. The van der Waals surface area contributed by atoms with Crippen molar-refractivity contribution in [1.82, 2.24) is 0 Å². The van der Waals surface area contributed by atoms with E-state index in [1.165, 1.54) is 0 Å². The fourth-order valence-corrected chi connectivity index (χ4v) is 4.17. The Bertz CT molecular complexity index is 683. The van der Waals surface area contributed by atoms with Crippen LogP contribution in [-0.4, -0.2) is 57.1 Å². The molecule has 1 aliphatic heterocycles. The van der Waals surface area contributed by atoms with Crippen LogP contribution >= 0.6 is 0 Å². The zero-order valence-electron chi connectivity index (χ0n) is 16.0. The summed E-state index contributed by atoms with van der Waals surface area (Å²) >= 11 is 0. The SMILES string of the molecule is C=CCCC1C(=O)C[C@@H]2C(C(=O)OC)C(=O)O[C@@H]2[C@H](C(=O)OC)[C@H]1C(=O)OC. The van der Waals surface area contributed by atoms with Gasteiger partial charge in [-0.05, 0) is 12.8 Å². The minimum atomic E-state index is -1.34. The van der Waals surface area contributed by atoms with Crippen molar-refractivity contribution in [2.75, 3.05) is 21.3 Å². The van der Waals surface area contributed by atoms with Gasteiger partial charge >= 0.3 is 23.9 Å². The average Bonchev–Trinajstić information content (AvgIpc) is 2.94. The van der Waals surface area contributed by atoms with Crippen LogP contribution < -0.4 is 0 Å². The summed E-state index contributed by atoms with van der Waals surface area (Å²) in [7, 11) is 3.39. The third-order valence-electron chi connectivity index (χ3n) is 5.46. The lowest BCUT2D eigenvalue weighted by Crippen LogP contribution is -2.44. The molecule has 1 aliphatic carbocycles. The standard InChI is InChI=1S/C19H24O9/c1-5-6-7-9-11(20)8-10-13(17(22)26-3)19(24)28-15(10)14(18(23)27-4)12(9)16(21)25-2/h5,9-10,12-15H,1,6-8H2,2-4H3/t9?,10-,12+,13?,14-,15+/m1/s1. The van der Waals surface area contributed by atoms with Gasteiger partial charge in [-0.1, -0.05) is 6.08 Å². The summed E-state index contributed by atoms with van der Waals surface area (Å²) in [5, 5.41) is 0. The molecule has 0 amide bonds. The number of ether oxygens (including phenoxy) is 4. The fourth-order valence-electron chi connectivity index (χ4n) is 4.17. The first kappa shape index (κ1) is 21.6. The molecule has 9 nitrogen and oxygen atoms in total. The zero-order chi connectivity index (χ0) is 21.0. The second-order valence-electron chi connectivity index (χ2n) is 6.81. The molecule has 1 saturated carbocycles. The number of carbonyl (C=O) groups is 5. The second kappa shape index (κ2) is 8.99. The minimum Gasteiger partial charge on any atom is -0.469 e. The van der Waals surface area contributed by atoms with E-state index in [9.17, 15) is 24.0 Å². The molecule has 0 aromatic rings. The molecule has 0 N–H and O–H groups in total. The molecule has 1 saturated heterocycles. The van der Waals surface area contributed by atoms with Crippen molar-refractivity contribution in [2.45, 2.75) is 25.4 Å². The second-order valence-corrected chi connectivity index (χ2v) is 6.81. The molecule has 2 aliphatic rings. The quantitative estimate of drug-likeness (QED) is 0.272. The average molecular weight is 396 g/mol. The van der Waals surface area contributed by atoms with E-state index in [2.05, 4.69) is 11.3 Å². The maximum absolute atomic E-state index is 13.0. The highest BCUT2D eigenvalue weighted by Gasteiger charge is 2.61. The van der Waals surface area contributed by atoms with Gasteiger partial charge in [-0.2, -0.15) is 0 Å². The minimum absolute atomic E-state index is 0.209. The van der Waals surface area contributed by atoms with E-state index in [1.807, 2.05) is 0 Å². The number of Topliss-reactive ketones (excluding diaryl/α,β-unsaturated/α-hetero) is 1. The molecule has 2 unspecified atom stereocenters. The number of fused-ring (bicyclic) bond motifs is 1. The van der Waals surface area contributed by atoms with Gasteiger partial charge in [0.25, 0.3) is 0 Å². The van der Waals surface area contributed by atoms with Gasteiger partial charge in [0.15, 0.2) is 5.92 Å². The first-order valence-corrected chi connectivity index (χ1v) is 8.89. The predicted molar refractivity (Wildman–Crippen MR) is 92.4 cm³/mol. The van der Waals surface area contributed by atoms with E-state index in [1.54, 1.807) is 6.08 Å². The molecule has 2 fully saturated rings. The molecule has 0 bridgehead atoms. The number of allylic oxidation sites excluding steroid dienone is 1. The van der Waals surface area contributed by atoms with Crippen molar-refractivity contribution in [3.63, 3.8) is 0 Å². The molecule has 154 valence electrons. The molecular weight excluding hydrogens is 372 g/mol. The predicted octanol–water partition coefficient (Wildman–Crippen LogP) is 0.451. The van der Waals surface area contributed by atoms with E-state index in [0.717, 1.165) is 21.3 Å². The smallest absolute Gasteiger partial charge is 0.321 e. The van der Waals surface area contributed by atoms with Crippen LogP contribution in [0.1, 0.15) is 19.3 Å². The summed E-state index contributed by atoms with van der Waals surface area (Å²) in [5.74, 6) is -9.32. The normalized spacial score (nSPS) is 31.8. The highest BCUT2D eigenvalue weighted by atomic mass is 16.6. The Labute approximate surface area is 162 Å². The summed E-state index contributed by atoms with van der Waals surface area (Å²) < 4.78 is 19.7. The Morgan fingerprint density at radius 2 is 1.61 bits per heavy atom. The van der Waals surface area contributed by atoms with E-state index >= 15 is 0 Å². The number of hydrogen-bond donors (Lipinski definition) is 0. The van der Waals surface area contributed by atoms with Crippen LogP contribution in [0.4, 0.5) is 0 Å². The zero-order valence-corrected chi connectivity index (χ0v) is 16.0. The number of ketones is 1. The lowest BCUT2D eigenvalue weighted by atomic mass is 9.76. The third kappa shape index (κ3) is 3.79. The van der Waals surface area contributed by atoms with Crippen LogP contribution in [-0.2, 0) is 42.9 Å². The molecule has 1 heterocycles. The van der Waals surface area contributed by atoms with Crippen molar-refractivity contribution >= 4 is 29.7 Å². The van der Waals surface area contributed by atoms with Crippen molar-refractivity contribution in [2.24, 2.45) is 29.6 Å². The maximum Gasteiger partial charge on any atom is 0.321 e. The molecule has 28 heavy (non-hydrogen) atoms. The Hall–Kier alpha value is -2.71. The van der Waals surface area contributed by atoms with E-state index < -0.39 is 59.6 Å². The molecule has 6 atom stereocenters. The number of carbonyl (C=O) groups excluding carboxylic acids is 5. The van der Waals surface area contributed by atoms with Gasteiger partial charge in [0.1, 0.15) is 17.8 Å². The maximum atomic E-state index is 13.0. The summed E-state index contributed by atoms with van der Waals surface area (Å²) in [5.41, 5.74) is 0. The lowest BCUT2D eigenvalue weighted by molar-refractivity contribution is -0.169. The van der Waals surface area contributed by atoms with Crippen LogP contribution in [0.5, 0.6) is 0 Å². The summed E-state index contributed by atoms with van der Waals surface area (Å²) in [6.07, 6.45) is 0.890. The molecule has 0 aromatic carbocycles. The number of rotatable bonds is 6. The largest absolute Gasteiger partial charge is 0.469 e. The first-order valence-electron chi connectivity index (χ1n) is 8.89. The Balaban J connectivity index is 2.58. The molecular formula is C19H24O9. The van der Waals surface area contributed by atoms with Crippen molar-refractivity contribution in [3.8, 4) is 0 Å². The van der Waals surface area contributed by atoms with Gasteiger partial charge < -0.3 is 18.9 Å². The topological polar surface area (TPSA) is 122 Å². The summed E-state index contributed by atoms with van der Waals surface area (Å²) in [6.45, 7) is 3.62. The molecule has 9 heteroatoms. The van der Waals surface area contributed by atoms with Crippen LogP contribution in [0.2, 0.25) is 0 Å². The van der Waals surface area contributed by atoms with E-state index in [4.69, 9.17) is 14.2 Å². The van der Waals surface area contributed by atoms with Crippen molar-refractivity contribution in [1.29, 1.82) is 0 Å². The highest BCUT2D eigenvalue weighted by Crippen LogP contribution is 2.46. The van der Waals surface area contributed by atoms with Gasteiger partial charge in [0.05, 0.1) is 27.2 Å². The van der Waals surface area contributed by atoms with Crippen molar-refractivity contribution in [3.05, 3.63) is 12.7 Å². The highest BCUT2D eigenvalue weighted by molar-refractivity contribution is 5.99. The third-order valence-corrected chi connectivity index (χ3v) is 5.46. The van der Waals surface area contributed by atoms with Crippen LogP contribution in [0.25, 0.3) is 0 Å². The van der Waals surface area contributed by atoms with Gasteiger partial charge in [-0.3, -0.25) is 24.0 Å².